The summed E-state index contributed by atoms with van der Waals surface area (Å²) in [5.41, 5.74) is 8.42. The van der Waals surface area contributed by atoms with Crippen molar-refractivity contribution in [2.24, 2.45) is 0 Å². The number of likely N-dealkylation sites (N-methyl/N-ethyl adjacent to an activating group) is 1. The zero-order valence-corrected chi connectivity index (χ0v) is 11.2. The molecular formula is C14H18N4O. The first-order valence-corrected chi connectivity index (χ1v) is 6.27. The molecule has 4 N–H and O–H groups in total. The minimum Gasteiger partial charge on any atom is -0.398 e. The molecule has 100 valence electrons. The second-order valence-electron chi connectivity index (χ2n) is 4.38. The van der Waals surface area contributed by atoms with Crippen LogP contribution < -0.4 is 16.4 Å². The summed E-state index contributed by atoms with van der Waals surface area (Å²) in [7, 11) is 0. The Morgan fingerprint density at radius 1 is 1.37 bits per heavy atom. The van der Waals surface area contributed by atoms with E-state index in [0.717, 1.165) is 22.2 Å². The van der Waals surface area contributed by atoms with Crippen LogP contribution in [0.1, 0.15) is 12.6 Å². The standard InChI is InChI=1S/C14H18N4O/c1-3-16-14(19)8-18-13-5-4-12(15)11-7-17-9(2)6-10(11)13/h4-7,18H,3,8,15H2,1-2H3,(H,16,19). The normalized spacial score (nSPS) is 10.4. The van der Waals surface area contributed by atoms with E-state index in [1.165, 1.54) is 0 Å². The molecule has 2 aromatic rings. The van der Waals surface area contributed by atoms with Gasteiger partial charge in [-0.1, -0.05) is 0 Å². The lowest BCUT2D eigenvalue weighted by atomic mass is 10.1. The number of nitrogens with zero attached hydrogens (tertiary/aromatic N) is 1. The monoisotopic (exact) mass is 258 g/mol. The number of carbonyl (C=O) groups excluding carboxylic acids is 1. The number of fused-ring (bicyclic) bond motifs is 1. The molecular weight excluding hydrogens is 240 g/mol. The van der Waals surface area contributed by atoms with Crippen molar-refractivity contribution >= 4 is 28.1 Å². The first-order chi connectivity index (χ1) is 9.11. The molecule has 0 saturated heterocycles. The van der Waals surface area contributed by atoms with E-state index in [1.807, 2.05) is 32.0 Å². The first kappa shape index (κ1) is 13.1. The zero-order valence-electron chi connectivity index (χ0n) is 11.2. The SMILES string of the molecule is CCNC(=O)CNc1ccc(N)c2cnc(C)cc12. The Balaban J connectivity index is 2.30. The quantitative estimate of drug-likeness (QED) is 0.729. The number of hydrogen-bond acceptors (Lipinski definition) is 4. The minimum absolute atomic E-state index is 0.0294. The molecule has 0 spiro atoms. The number of nitrogen functional groups attached to an aromatic ring is 1. The Morgan fingerprint density at radius 2 is 2.16 bits per heavy atom. The van der Waals surface area contributed by atoms with Gasteiger partial charge in [0.25, 0.3) is 0 Å². The van der Waals surface area contributed by atoms with Crippen molar-refractivity contribution in [2.45, 2.75) is 13.8 Å². The third kappa shape index (κ3) is 2.93. The molecule has 5 nitrogen and oxygen atoms in total. The molecule has 0 saturated carbocycles. The fourth-order valence-corrected chi connectivity index (χ4v) is 1.95. The van der Waals surface area contributed by atoms with Gasteiger partial charge in [-0.05, 0) is 32.0 Å². The number of amides is 1. The Bertz CT molecular complexity index is 610. The van der Waals surface area contributed by atoms with E-state index in [-0.39, 0.29) is 12.5 Å². The van der Waals surface area contributed by atoms with Crippen LogP contribution in [0.3, 0.4) is 0 Å². The van der Waals surface area contributed by atoms with Gasteiger partial charge >= 0.3 is 0 Å². The average Bonchev–Trinajstić information content (AvgIpc) is 2.38. The summed E-state index contributed by atoms with van der Waals surface area (Å²) >= 11 is 0. The summed E-state index contributed by atoms with van der Waals surface area (Å²) in [6.07, 6.45) is 1.76. The Labute approximate surface area is 112 Å². The van der Waals surface area contributed by atoms with Gasteiger partial charge in [0.2, 0.25) is 5.91 Å². The van der Waals surface area contributed by atoms with Crippen LogP contribution in [-0.2, 0) is 4.79 Å². The largest absolute Gasteiger partial charge is 0.398 e. The predicted molar refractivity (Wildman–Crippen MR) is 78.1 cm³/mol. The molecule has 0 aliphatic heterocycles. The Kier molecular flexibility index (Phi) is 3.85. The molecule has 1 amide bonds. The minimum atomic E-state index is -0.0294. The van der Waals surface area contributed by atoms with Gasteiger partial charge in [-0.2, -0.15) is 0 Å². The second kappa shape index (κ2) is 5.56. The van der Waals surface area contributed by atoms with Crippen LogP contribution >= 0.6 is 0 Å². The lowest BCUT2D eigenvalue weighted by Crippen LogP contribution is -2.29. The molecule has 1 aromatic carbocycles. The molecule has 0 radical (unpaired) electrons. The lowest BCUT2D eigenvalue weighted by molar-refractivity contribution is -0.119. The fourth-order valence-electron chi connectivity index (χ4n) is 1.95. The number of hydrogen-bond donors (Lipinski definition) is 3. The summed E-state index contributed by atoms with van der Waals surface area (Å²) in [5, 5.41) is 7.76. The summed E-state index contributed by atoms with van der Waals surface area (Å²) in [6, 6.07) is 5.67. The number of pyridine rings is 1. The zero-order chi connectivity index (χ0) is 13.8. The van der Waals surface area contributed by atoms with E-state index in [2.05, 4.69) is 15.6 Å². The molecule has 0 bridgehead atoms. The highest BCUT2D eigenvalue weighted by Crippen LogP contribution is 2.28. The molecule has 5 heteroatoms. The van der Waals surface area contributed by atoms with E-state index < -0.39 is 0 Å². The molecule has 1 aromatic heterocycles. The first-order valence-electron chi connectivity index (χ1n) is 6.27. The van der Waals surface area contributed by atoms with Crippen LogP contribution in [0.15, 0.2) is 24.4 Å². The molecule has 2 rings (SSSR count). The predicted octanol–water partition coefficient (Wildman–Crippen LogP) is 1.67. The fraction of sp³-hybridized carbons (Fsp3) is 0.286. The maximum absolute atomic E-state index is 11.5. The van der Waals surface area contributed by atoms with Crippen molar-refractivity contribution in [3.05, 3.63) is 30.1 Å². The van der Waals surface area contributed by atoms with Gasteiger partial charge in [-0.25, -0.2) is 0 Å². The summed E-state index contributed by atoms with van der Waals surface area (Å²) in [5.74, 6) is -0.0294. The average molecular weight is 258 g/mol. The van der Waals surface area contributed by atoms with Gasteiger partial charge < -0.3 is 16.4 Å². The molecule has 1 heterocycles. The lowest BCUT2D eigenvalue weighted by Gasteiger charge is -2.11. The summed E-state index contributed by atoms with van der Waals surface area (Å²) < 4.78 is 0. The number of nitrogens with two attached hydrogens (primary N) is 1. The van der Waals surface area contributed by atoms with Crippen LogP contribution in [0.5, 0.6) is 0 Å². The number of benzene rings is 1. The van der Waals surface area contributed by atoms with E-state index in [9.17, 15) is 4.79 Å². The topological polar surface area (TPSA) is 80.0 Å². The van der Waals surface area contributed by atoms with Crippen LogP contribution in [0.4, 0.5) is 11.4 Å². The van der Waals surface area contributed by atoms with E-state index in [4.69, 9.17) is 5.73 Å². The second-order valence-corrected chi connectivity index (χ2v) is 4.38. The van der Waals surface area contributed by atoms with Gasteiger partial charge in [0.1, 0.15) is 0 Å². The molecule has 0 unspecified atom stereocenters. The number of nitrogens with one attached hydrogen (secondary N) is 2. The van der Waals surface area contributed by atoms with Gasteiger partial charge in [-0.15, -0.1) is 0 Å². The van der Waals surface area contributed by atoms with Crippen molar-refractivity contribution in [1.82, 2.24) is 10.3 Å². The third-order valence-corrected chi connectivity index (χ3v) is 2.88. The van der Waals surface area contributed by atoms with Crippen molar-refractivity contribution in [3.8, 4) is 0 Å². The number of aryl methyl sites for hydroxylation is 1. The Hall–Kier alpha value is -2.30. The van der Waals surface area contributed by atoms with Gasteiger partial charge in [0, 0.05) is 40.6 Å². The molecule has 19 heavy (non-hydrogen) atoms. The summed E-state index contributed by atoms with van der Waals surface area (Å²) in [6.45, 7) is 4.70. The third-order valence-electron chi connectivity index (χ3n) is 2.88. The molecule has 0 atom stereocenters. The number of aromatic nitrogens is 1. The van der Waals surface area contributed by atoms with Crippen LogP contribution in [0, 0.1) is 6.92 Å². The van der Waals surface area contributed by atoms with Gasteiger partial charge in [0.05, 0.1) is 6.54 Å². The van der Waals surface area contributed by atoms with Crippen LogP contribution in [0.25, 0.3) is 10.8 Å². The molecule has 0 aliphatic rings. The van der Waals surface area contributed by atoms with Crippen molar-refractivity contribution in [3.63, 3.8) is 0 Å². The highest BCUT2D eigenvalue weighted by Gasteiger charge is 2.06. The number of carbonyl (C=O) groups is 1. The maximum atomic E-state index is 11.5. The van der Waals surface area contributed by atoms with Gasteiger partial charge in [-0.3, -0.25) is 9.78 Å². The van der Waals surface area contributed by atoms with Crippen LogP contribution in [-0.4, -0.2) is 24.0 Å². The maximum Gasteiger partial charge on any atom is 0.239 e. The van der Waals surface area contributed by atoms with E-state index in [1.54, 1.807) is 6.20 Å². The summed E-state index contributed by atoms with van der Waals surface area (Å²) in [4.78, 5) is 15.7. The Morgan fingerprint density at radius 3 is 2.89 bits per heavy atom. The highest BCUT2D eigenvalue weighted by molar-refractivity contribution is 6.01. The van der Waals surface area contributed by atoms with E-state index in [0.29, 0.717) is 12.2 Å². The van der Waals surface area contributed by atoms with Gasteiger partial charge in [0.15, 0.2) is 0 Å². The van der Waals surface area contributed by atoms with E-state index >= 15 is 0 Å². The highest BCUT2D eigenvalue weighted by atomic mass is 16.1. The van der Waals surface area contributed by atoms with Crippen molar-refractivity contribution in [1.29, 1.82) is 0 Å². The number of anilines is 2. The van der Waals surface area contributed by atoms with Crippen molar-refractivity contribution in [2.75, 3.05) is 24.1 Å². The van der Waals surface area contributed by atoms with Crippen LogP contribution in [0.2, 0.25) is 0 Å². The molecule has 0 fully saturated rings. The number of rotatable bonds is 4. The smallest absolute Gasteiger partial charge is 0.239 e. The molecule has 0 aliphatic carbocycles. The van der Waals surface area contributed by atoms with Crippen molar-refractivity contribution < 1.29 is 4.79 Å².